The summed E-state index contributed by atoms with van der Waals surface area (Å²) in [7, 11) is 0. The Hall–Kier alpha value is -0.630. The monoisotopic (exact) mass is 254 g/mol. The first-order valence-corrected chi connectivity index (χ1v) is 5.67. The van der Waals surface area contributed by atoms with Gasteiger partial charge in [-0.1, -0.05) is 35.0 Å². The molecular weight excluding hydrogens is 240 g/mol. The van der Waals surface area contributed by atoms with Crippen LogP contribution in [-0.2, 0) is 11.2 Å². The molecule has 0 amide bonds. The number of Topliss-reactive ketones (excluding diaryl/α,β-unsaturated/α-hetero) is 1. The molecule has 1 nitrogen and oxygen atoms in total. The van der Waals surface area contributed by atoms with Crippen LogP contribution in [0.3, 0.4) is 0 Å². The summed E-state index contributed by atoms with van der Waals surface area (Å²) in [6, 6.07) is 8.15. The molecule has 0 spiro atoms. The van der Waals surface area contributed by atoms with Crippen LogP contribution >= 0.6 is 15.9 Å². The third-order valence-electron chi connectivity index (χ3n) is 2.44. The second-order valence-electron chi connectivity index (χ2n) is 3.55. The van der Waals surface area contributed by atoms with E-state index in [1.54, 1.807) is 6.92 Å². The molecule has 0 fully saturated rings. The van der Waals surface area contributed by atoms with Crippen molar-refractivity contribution in [2.24, 2.45) is 5.92 Å². The summed E-state index contributed by atoms with van der Waals surface area (Å²) in [6.45, 7) is 3.73. The van der Waals surface area contributed by atoms with Gasteiger partial charge in [-0.15, -0.1) is 0 Å². The summed E-state index contributed by atoms with van der Waals surface area (Å²) >= 11 is 3.43. The molecule has 0 aliphatic rings. The molecule has 0 bridgehead atoms. The van der Waals surface area contributed by atoms with Gasteiger partial charge in [0.05, 0.1) is 0 Å². The van der Waals surface area contributed by atoms with Crippen LogP contribution in [0.4, 0.5) is 0 Å². The van der Waals surface area contributed by atoms with Gasteiger partial charge in [0.2, 0.25) is 0 Å². The zero-order valence-electron chi connectivity index (χ0n) is 8.59. The van der Waals surface area contributed by atoms with Gasteiger partial charge in [-0.25, -0.2) is 0 Å². The molecule has 0 radical (unpaired) electrons. The minimum atomic E-state index is 0.171. The van der Waals surface area contributed by atoms with Crippen LogP contribution in [0.5, 0.6) is 0 Å². The number of carbonyl (C=O) groups is 1. The van der Waals surface area contributed by atoms with Crippen molar-refractivity contribution in [2.45, 2.75) is 26.7 Å². The van der Waals surface area contributed by atoms with E-state index in [4.69, 9.17) is 0 Å². The number of benzene rings is 1. The summed E-state index contributed by atoms with van der Waals surface area (Å²) < 4.78 is 1.08. The highest BCUT2D eigenvalue weighted by molar-refractivity contribution is 9.10. The second kappa shape index (κ2) is 5.30. The molecule has 1 aromatic carbocycles. The minimum Gasteiger partial charge on any atom is -0.300 e. The SMILES string of the molecule is CCC(Cc1cccc(Br)c1)C(C)=O. The molecule has 0 saturated heterocycles. The lowest BCUT2D eigenvalue weighted by Crippen LogP contribution is -2.12. The van der Waals surface area contributed by atoms with Crippen LogP contribution in [0.25, 0.3) is 0 Å². The summed E-state index contributed by atoms with van der Waals surface area (Å²) in [5, 5.41) is 0. The molecule has 1 aromatic rings. The summed E-state index contributed by atoms with van der Waals surface area (Å²) in [5.41, 5.74) is 1.22. The Bertz CT molecular complexity index is 320. The average molecular weight is 255 g/mol. The normalized spacial score (nSPS) is 12.5. The van der Waals surface area contributed by atoms with E-state index in [-0.39, 0.29) is 11.7 Å². The lowest BCUT2D eigenvalue weighted by Gasteiger charge is -2.10. The van der Waals surface area contributed by atoms with E-state index >= 15 is 0 Å². The lowest BCUT2D eigenvalue weighted by molar-refractivity contribution is -0.120. The van der Waals surface area contributed by atoms with Crippen LogP contribution in [0, 0.1) is 5.92 Å². The molecule has 1 rings (SSSR count). The average Bonchev–Trinajstić information content (AvgIpc) is 2.14. The molecule has 0 aromatic heterocycles. The molecule has 0 saturated carbocycles. The van der Waals surface area contributed by atoms with Crippen LogP contribution in [0.2, 0.25) is 0 Å². The Kier molecular flexibility index (Phi) is 4.33. The highest BCUT2D eigenvalue weighted by Crippen LogP contribution is 2.17. The van der Waals surface area contributed by atoms with Crippen molar-refractivity contribution >= 4 is 21.7 Å². The summed E-state index contributed by atoms with van der Waals surface area (Å²) in [5.74, 6) is 0.455. The van der Waals surface area contributed by atoms with E-state index in [1.165, 1.54) is 5.56 Å². The van der Waals surface area contributed by atoms with Gasteiger partial charge in [-0.05, 0) is 37.5 Å². The highest BCUT2D eigenvalue weighted by atomic mass is 79.9. The molecule has 0 aliphatic heterocycles. The Morgan fingerprint density at radius 1 is 1.50 bits per heavy atom. The van der Waals surface area contributed by atoms with Crippen LogP contribution in [-0.4, -0.2) is 5.78 Å². The number of ketones is 1. The quantitative estimate of drug-likeness (QED) is 0.803. The van der Waals surface area contributed by atoms with E-state index in [0.29, 0.717) is 0 Å². The van der Waals surface area contributed by atoms with Crippen molar-refractivity contribution in [3.05, 3.63) is 34.3 Å². The van der Waals surface area contributed by atoms with Gasteiger partial charge in [-0.3, -0.25) is 4.79 Å². The number of carbonyl (C=O) groups excluding carboxylic acids is 1. The summed E-state index contributed by atoms with van der Waals surface area (Å²) in [6.07, 6.45) is 1.77. The van der Waals surface area contributed by atoms with Crippen molar-refractivity contribution in [3.8, 4) is 0 Å². The largest absolute Gasteiger partial charge is 0.300 e. The third kappa shape index (κ3) is 3.26. The predicted molar refractivity (Wildman–Crippen MR) is 62.3 cm³/mol. The minimum absolute atomic E-state index is 0.171. The molecule has 1 unspecified atom stereocenters. The molecule has 1 atom stereocenters. The maximum atomic E-state index is 11.3. The Morgan fingerprint density at radius 2 is 2.21 bits per heavy atom. The zero-order valence-corrected chi connectivity index (χ0v) is 10.2. The molecule has 0 heterocycles. The number of hydrogen-bond acceptors (Lipinski definition) is 1. The highest BCUT2D eigenvalue weighted by Gasteiger charge is 2.12. The van der Waals surface area contributed by atoms with Crippen molar-refractivity contribution in [3.63, 3.8) is 0 Å². The molecule has 2 heteroatoms. The van der Waals surface area contributed by atoms with Gasteiger partial charge in [0, 0.05) is 10.4 Å². The van der Waals surface area contributed by atoms with Gasteiger partial charge < -0.3 is 0 Å². The van der Waals surface area contributed by atoms with Gasteiger partial charge in [0.25, 0.3) is 0 Å². The first kappa shape index (κ1) is 11.4. The van der Waals surface area contributed by atoms with Crippen molar-refractivity contribution in [2.75, 3.05) is 0 Å². The van der Waals surface area contributed by atoms with Gasteiger partial charge in [0.15, 0.2) is 0 Å². The maximum absolute atomic E-state index is 11.3. The van der Waals surface area contributed by atoms with E-state index in [9.17, 15) is 4.79 Å². The fraction of sp³-hybridized carbons (Fsp3) is 0.417. The Labute approximate surface area is 93.7 Å². The second-order valence-corrected chi connectivity index (χ2v) is 4.47. The van der Waals surface area contributed by atoms with Crippen LogP contribution in [0.1, 0.15) is 25.8 Å². The predicted octanol–water partition coefficient (Wildman–Crippen LogP) is 3.61. The Balaban J connectivity index is 2.72. The van der Waals surface area contributed by atoms with Crippen LogP contribution < -0.4 is 0 Å². The molecule has 76 valence electrons. The van der Waals surface area contributed by atoms with Gasteiger partial charge in [-0.2, -0.15) is 0 Å². The molecule has 14 heavy (non-hydrogen) atoms. The molecule has 0 aliphatic carbocycles. The van der Waals surface area contributed by atoms with Crippen LogP contribution in [0.15, 0.2) is 28.7 Å². The lowest BCUT2D eigenvalue weighted by atomic mass is 9.94. The topological polar surface area (TPSA) is 17.1 Å². The van der Waals surface area contributed by atoms with Crippen molar-refractivity contribution in [1.82, 2.24) is 0 Å². The first-order valence-electron chi connectivity index (χ1n) is 4.88. The molecular formula is C12H15BrO. The first-order chi connectivity index (χ1) is 6.63. The van der Waals surface area contributed by atoms with Crippen molar-refractivity contribution in [1.29, 1.82) is 0 Å². The van der Waals surface area contributed by atoms with E-state index in [2.05, 4.69) is 35.0 Å². The smallest absolute Gasteiger partial charge is 0.133 e. The zero-order chi connectivity index (χ0) is 10.6. The fourth-order valence-corrected chi connectivity index (χ4v) is 1.97. The standard InChI is InChI=1S/C12H15BrO/c1-3-11(9(2)14)7-10-5-4-6-12(13)8-10/h4-6,8,11H,3,7H2,1-2H3. The van der Waals surface area contributed by atoms with E-state index in [1.807, 2.05) is 12.1 Å². The third-order valence-corrected chi connectivity index (χ3v) is 2.93. The maximum Gasteiger partial charge on any atom is 0.133 e. The molecule has 0 N–H and O–H groups in total. The van der Waals surface area contributed by atoms with E-state index in [0.717, 1.165) is 17.3 Å². The number of hydrogen-bond donors (Lipinski definition) is 0. The van der Waals surface area contributed by atoms with Gasteiger partial charge >= 0.3 is 0 Å². The summed E-state index contributed by atoms with van der Waals surface area (Å²) in [4.78, 5) is 11.3. The van der Waals surface area contributed by atoms with Gasteiger partial charge in [0.1, 0.15) is 5.78 Å². The van der Waals surface area contributed by atoms with Crippen molar-refractivity contribution < 1.29 is 4.79 Å². The Morgan fingerprint density at radius 3 is 2.71 bits per heavy atom. The number of halogens is 1. The van der Waals surface area contributed by atoms with E-state index < -0.39 is 0 Å². The number of rotatable bonds is 4. The fourth-order valence-electron chi connectivity index (χ4n) is 1.52.